The summed E-state index contributed by atoms with van der Waals surface area (Å²) in [5, 5.41) is 0. The second kappa shape index (κ2) is 8.73. The summed E-state index contributed by atoms with van der Waals surface area (Å²) in [5.41, 5.74) is 6.95. The molecule has 2 heterocycles. The summed E-state index contributed by atoms with van der Waals surface area (Å²) >= 11 is 0. The van der Waals surface area contributed by atoms with Gasteiger partial charge in [-0.05, 0) is 30.5 Å². The fourth-order valence-electron chi connectivity index (χ4n) is 4.30. The van der Waals surface area contributed by atoms with E-state index in [9.17, 15) is 14.4 Å². The SMILES string of the molecule is Cn1c(=O)c(C(=O)CN2CCCC2c2ccccc2)c(N)n(Cc2ccccc2)c1=O. The van der Waals surface area contributed by atoms with E-state index in [1.165, 1.54) is 11.6 Å². The number of hydrogen-bond acceptors (Lipinski definition) is 5. The van der Waals surface area contributed by atoms with Crippen LogP contribution < -0.4 is 17.0 Å². The van der Waals surface area contributed by atoms with Gasteiger partial charge >= 0.3 is 5.69 Å². The van der Waals surface area contributed by atoms with E-state index in [4.69, 9.17) is 5.73 Å². The summed E-state index contributed by atoms with van der Waals surface area (Å²) < 4.78 is 2.26. The number of aromatic nitrogens is 2. The Morgan fingerprint density at radius 2 is 1.68 bits per heavy atom. The van der Waals surface area contributed by atoms with Crippen molar-refractivity contribution in [2.24, 2.45) is 7.05 Å². The van der Waals surface area contributed by atoms with E-state index in [1.54, 1.807) is 0 Å². The predicted molar refractivity (Wildman–Crippen MR) is 120 cm³/mol. The number of nitrogen functional groups attached to an aromatic ring is 1. The zero-order valence-corrected chi connectivity index (χ0v) is 17.5. The van der Waals surface area contributed by atoms with Crippen molar-refractivity contribution in [2.45, 2.75) is 25.4 Å². The fourth-order valence-corrected chi connectivity index (χ4v) is 4.30. The molecule has 2 N–H and O–H groups in total. The summed E-state index contributed by atoms with van der Waals surface area (Å²) in [6, 6.07) is 19.5. The van der Waals surface area contributed by atoms with Crippen molar-refractivity contribution in [1.29, 1.82) is 0 Å². The van der Waals surface area contributed by atoms with Gasteiger partial charge in [-0.2, -0.15) is 0 Å². The van der Waals surface area contributed by atoms with Crippen LogP contribution in [0.2, 0.25) is 0 Å². The van der Waals surface area contributed by atoms with Gasteiger partial charge in [-0.15, -0.1) is 0 Å². The van der Waals surface area contributed by atoms with Crippen LogP contribution in [-0.4, -0.2) is 32.9 Å². The molecular formula is C24H26N4O3. The summed E-state index contributed by atoms with van der Waals surface area (Å²) in [6.45, 7) is 1.05. The number of likely N-dealkylation sites (tertiary alicyclic amines) is 1. The Bertz CT molecular complexity index is 1200. The van der Waals surface area contributed by atoms with Crippen LogP contribution in [0.3, 0.4) is 0 Å². The first-order chi connectivity index (χ1) is 15.0. The van der Waals surface area contributed by atoms with Gasteiger partial charge in [-0.25, -0.2) is 4.79 Å². The molecule has 0 amide bonds. The van der Waals surface area contributed by atoms with E-state index in [-0.39, 0.29) is 36.3 Å². The Labute approximate surface area is 180 Å². The zero-order valence-electron chi connectivity index (χ0n) is 17.5. The van der Waals surface area contributed by atoms with Gasteiger partial charge in [-0.1, -0.05) is 60.7 Å². The van der Waals surface area contributed by atoms with Crippen molar-refractivity contribution in [3.05, 3.63) is 98.2 Å². The quantitative estimate of drug-likeness (QED) is 0.620. The molecule has 1 fully saturated rings. The highest BCUT2D eigenvalue weighted by molar-refractivity contribution is 6.01. The number of carbonyl (C=O) groups excluding carboxylic acids is 1. The van der Waals surface area contributed by atoms with Crippen molar-refractivity contribution >= 4 is 11.6 Å². The van der Waals surface area contributed by atoms with Crippen LogP contribution in [0.15, 0.2) is 70.3 Å². The Kier molecular flexibility index (Phi) is 5.86. The number of Topliss-reactive ketones (excluding diaryl/α,β-unsaturated/α-hetero) is 1. The molecule has 0 saturated carbocycles. The molecule has 1 aliphatic rings. The van der Waals surface area contributed by atoms with Gasteiger partial charge in [0, 0.05) is 13.1 Å². The van der Waals surface area contributed by atoms with Crippen molar-refractivity contribution < 1.29 is 4.79 Å². The van der Waals surface area contributed by atoms with Gasteiger partial charge in [0.1, 0.15) is 11.4 Å². The van der Waals surface area contributed by atoms with Crippen molar-refractivity contribution in [3.8, 4) is 0 Å². The number of hydrogen-bond donors (Lipinski definition) is 1. The molecule has 1 unspecified atom stereocenters. The highest BCUT2D eigenvalue weighted by Crippen LogP contribution is 2.31. The van der Waals surface area contributed by atoms with Crippen molar-refractivity contribution in [1.82, 2.24) is 14.0 Å². The molecule has 7 nitrogen and oxygen atoms in total. The normalized spacial score (nSPS) is 16.5. The number of nitrogens with two attached hydrogens (primary N) is 1. The molecule has 0 radical (unpaired) electrons. The van der Waals surface area contributed by atoms with Crippen LogP contribution in [0.1, 0.15) is 40.4 Å². The Hall–Kier alpha value is -3.45. The number of anilines is 1. The molecule has 0 aliphatic carbocycles. The molecule has 31 heavy (non-hydrogen) atoms. The Balaban J connectivity index is 1.66. The van der Waals surface area contributed by atoms with Gasteiger partial charge in [-0.3, -0.25) is 23.6 Å². The van der Waals surface area contributed by atoms with Crippen LogP contribution in [0, 0.1) is 0 Å². The lowest BCUT2D eigenvalue weighted by Gasteiger charge is -2.24. The minimum absolute atomic E-state index is 0.0718. The van der Waals surface area contributed by atoms with Gasteiger partial charge in [0.25, 0.3) is 5.56 Å². The van der Waals surface area contributed by atoms with E-state index in [0.29, 0.717) is 0 Å². The zero-order chi connectivity index (χ0) is 22.0. The maximum absolute atomic E-state index is 13.2. The number of benzene rings is 2. The van der Waals surface area contributed by atoms with Crippen LogP contribution in [-0.2, 0) is 13.6 Å². The van der Waals surface area contributed by atoms with Crippen molar-refractivity contribution in [2.75, 3.05) is 18.8 Å². The van der Waals surface area contributed by atoms with E-state index in [0.717, 1.165) is 35.1 Å². The second-order valence-corrected chi connectivity index (χ2v) is 7.94. The number of rotatable bonds is 6. The first-order valence-corrected chi connectivity index (χ1v) is 10.4. The molecule has 4 rings (SSSR count). The second-order valence-electron chi connectivity index (χ2n) is 7.94. The van der Waals surface area contributed by atoms with Crippen LogP contribution >= 0.6 is 0 Å². The standard InChI is InChI=1S/C24H26N4O3/c1-26-23(30)21(22(25)28(24(26)31)15-17-9-4-2-5-10-17)20(29)16-27-14-8-13-19(27)18-11-6-3-7-12-18/h2-7,9-12,19H,8,13-16,25H2,1H3. The highest BCUT2D eigenvalue weighted by Gasteiger charge is 2.30. The molecule has 7 heteroatoms. The topological polar surface area (TPSA) is 90.3 Å². The molecule has 2 aromatic carbocycles. The smallest absolute Gasteiger partial charge is 0.332 e. The summed E-state index contributed by atoms with van der Waals surface area (Å²) in [5.74, 6) is -0.430. The third-order valence-electron chi connectivity index (χ3n) is 5.94. The molecule has 160 valence electrons. The largest absolute Gasteiger partial charge is 0.384 e. The van der Waals surface area contributed by atoms with Crippen LogP contribution in [0.5, 0.6) is 0 Å². The number of carbonyl (C=O) groups is 1. The lowest BCUT2D eigenvalue weighted by molar-refractivity contribution is 0.0919. The summed E-state index contributed by atoms with van der Waals surface area (Å²) in [7, 11) is 1.38. The fraction of sp³-hybridized carbons (Fsp3) is 0.292. The monoisotopic (exact) mass is 418 g/mol. The maximum atomic E-state index is 13.2. The predicted octanol–water partition coefficient (Wildman–Crippen LogP) is 2.20. The molecule has 1 atom stereocenters. The Morgan fingerprint density at radius 3 is 2.35 bits per heavy atom. The molecule has 0 bridgehead atoms. The maximum Gasteiger partial charge on any atom is 0.332 e. The number of nitrogens with zero attached hydrogens (tertiary/aromatic N) is 3. The summed E-state index contributed by atoms with van der Waals surface area (Å²) in [6.07, 6.45) is 1.94. The first kappa shape index (κ1) is 20.8. The lowest BCUT2D eigenvalue weighted by Crippen LogP contribution is -2.44. The number of ketones is 1. The summed E-state index contributed by atoms with van der Waals surface area (Å²) in [4.78, 5) is 40.8. The van der Waals surface area contributed by atoms with E-state index in [2.05, 4.69) is 17.0 Å². The first-order valence-electron chi connectivity index (χ1n) is 10.4. The Morgan fingerprint density at radius 1 is 1.03 bits per heavy atom. The van der Waals surface area contributed by atoms with Crippen molar-refractivity contribution in [3.63, 3.8) is 0 Å². The minimum atomic E-state index is -0.646. The van der Waals surface area contributed by atoms with Gasteiger partial charge in [0.15, 0.2) is 5.78 Å². The van der Waals surface area contributed by atoms with E-state index < -0.39 is 11.2 Å². The van der Waals surface area contributed by atoms with Gasteiger partial charge in [0.05, 0.1) is 13.1 Å². The van der Waals surface area contributed by atoms with Gasteiger partial charge < -0.3 is 5.73 Å². The highest BCUT2D eigenvalue weighted by atomic mass is 16.2. The molecule has 3 aromatic rings. The van der Waals surface area contributed by atoms with E-state index in [1.807, 2.05) is 48.5 Å². The molecule has 0 spiro atoms. The minimum Gasteiger partial charge on any atom is -0.384 e. The average molecular weight is 418 g/mol. The third kappa shape index (κ3) is 4.09. The third-order valence-corrected chi connectivity index (χ3v) is 5.94. The van der Waals surface area contributed by atoms with Crippen LogP contribution in [0.4, 0.5) is 5.82 Å². The molecule has 1 aromatic heterocycles. The van der Waals surface area contributed by atoms with Crippen LogP contribution in [0.25, 0.3) is 0 Å². The van der Waals surface area contributed by atoms with Gasteiger partial charge in [0.2, 0.25) is 0 Å². The molecule has 1 saturated heterocycles. The van der Waals surface area contributed by atoms with E-state index >= 15 is 0 Å². The lowest BCUT2D eigenvalue weighted by atomic mass is 10.0. The molecule has 1 aliphatic heterocycles. The molecular weight excluding hydrogens is 392 g/mol. The average Bonchev–Trinajstić information content (AvgIpc) is 3.25.